The molecule has 160 valence electrons. The van der Waals surface area contributed by atoms with Crippen molar-refractivity contribution in [2.75, 3.05) is 54.4 Å². The van der Waals surface area contributed by atoms with E-state index in [1.807, 2.05) is 23.1 Å². The molecule has 2 saturated heterocycles. The van der Waals surface area contributed by atoms with Crippen molar-refractivity contribution in [3.63, 3.8) is 0 Å². The predicted molar refractivity (Wildman–Crippen MR) is 121 cm³/mol. The number of nitrogens with one attached hydrogen (secondary N) is 1. The summed E-state index contributed by atoms with van der Waals surface area (Å²) in [7, 11) is 0. The number of urea groups is 1. The zero-order chi connectivity index (χ0) is 20.9. The van der Waals surface area contributed by atoms with Crippen LogP contribution in [-0.2, 0) is 6.42 Å². The zero-order valence-electron chi connectivity index (χ0n) is 18.0. The molecular formula is C23H32N6O. The molecule has 0 spiro atoms. The van der Waals surface area contributed by atoms with Crippen molar-refractivity contribution in [3.8, 4) is 0 Å². The third kappa shape index (κ3) is 4.66. The SMILES string of the molecule is CCc1ccccc1NC(=O)N1CCN(c2ccc(N3CCC(C)CC3)nn2)CC1. The van der Waals surface area contributed by atoms with Crippen molar-refractivity contribution in [1.82, 2.24) is 15.1 Å². The number of benzene rings is 1. The minimum atomic E-state index is -0.0312. The van der Waals surface area contributed by atoms with Gasteiger partial charge in [0.25, 0.3) is 0 Å². The summed E-state index contributed by atoms with van der Waals surface area (Å²) in [6.45, 7) is 9.40. The lowest BCUT2D eigenvalue weighted by Gasteiger charge is -2.35. The van der Waals surface area contributed by atoms with Crippen LogP contribution in [0, 0.1) is 5.92 Å². The lowest BCUT2D eigenvalue weighted by molar-refractivity contribution is 0.208. The number of piperazine rings is 1. The molecule has 0 bridgehead atoms. The predicted octanol–water partition coefficient (Wildman–Crippen LogP) is 3.63. The summed E-state index contributed by atoms with van der Waals surface area (Å²) in [4.78, 5) is 19.1. The number of nitrogens with zero attached hydrogens (tertiary/aromatic N) is 5. The van der Waals surface area contributed by atoms with E-state index in [2.05, 4.69) is 57.4 Å². The highest BCUT2D eigenvalue weighted by atomic mass is 16.2. The number of carbonyl (C=O) groups is 1. The number of hydrogen-bond donors (Lipinski definition) is 1. The second-order valence-electron chi connectivity index (χ2n) is 8.33. The molecule has 0 radical (unpaired) electrons. The van der Waals surface area contributed by atoms with E-state index in [9.17, 15) is 4.79 Å². The molecule has 1 aromatic heterocycles. The highest BCUT2D eigenvalue weighted by Crippen LogP contribution is 2.23. The van der Waals surface area contributed by atoms with Crippen molar-refractivity contribution in [2.24, 2.45) is 5.92 Å². The summed E-state index contributed by atoms with van der Waals surface area (Å²) in [6.07, 6.45) is 3.34. The molecule has 2 aliphatic rings. The zero-order valence-corrected chi connectivity index (χ0v) is 18.0. The fourth-order valence-electron chi connectivity index (χ4n) is 4.18. The van der Waals surface area contributed by atoms with Crippen LogP contribution in [0.1, 0.15) is 32.3 Å². The van der Waals surface area contributed by atoms with E-state index < -0.39 is 0 Å². The van der Waals surface area contributed by atoms with Gasteiger partial charge in [-0.1, -0.05) is 32.0 Å². The minimum Gasteiger partial charge on any atom is -0.355 e. The summed E-state index contributed by atoms with van der Waals surface area (Å²) in [5.74, 6) is 2.66. The van der Waals surface area contributed by atoms with Crippen LogP contribution in [0.15, 0.2) is 36.4 Å². The van der Waals surface area contributed by atoms with E-state index in [4.69, 9.17) is 0 Å². The Labute approximate surface area is 179 Å². The highest BCUT2D eigenvalue weighted by Gasteiger charge is 2.23. The van der Waals surface area contributed by atoms with Gasteiger partial charge in [0.1, 0.15) is 0 Å². The molecule has 3 heterocycles. The van der Waals surface area contributed by atoms with Crippen LogP contribution in [-0.4, -0.2) is 60.4 Å². The Morgan fingerprint density at radius 1 is 0.933 bits per heavy atom. The van der Waals surface area contributed by atoms with Gasteiger partial charge in [-0.05, 0) is 48.9 Å². The van der Waals surface area contributed by atoms with Gasteiger partial charge in [-0.2, -0.15) is 0 Å². The van der Waals surface area contributed by atoms with E-state index in [-0.39, 0.29) is 6.03 Å². The molecule has 0 saturated carbocycles. The highest BCUT2D eigenvalue weighted by molar-refractivity contribution is 5.90. The summed E-state index contributed by atoms with van der Waals surface area (Å²) >= 11 is 0. The first-order valence-electron chi connectivity index (χ1n) is 11.1. The number of piperidine rings is 1. The first-order chi connectivity index (χ1) is 14.6. The van der Waals surface area contributed by atoms with Crippen molar-refractivity contribution < 1.29 is 4.79 Å². The van der Waals surface area contributed by atoms with Gasteiger partial charge in [-0.15, -0.1) is 10.2 Å². The Balaban J connectivity index is 1.30. The van der Waals surface area contributed by atoms with Gasteiger partial charge in [0.05, 0.1) is 0 Å². The largest absolute Gasteiger partial charge is 0.355 e. The van der Waals surface area contributed by atoms with Crippen LogP contribution in [0.5, 0.6) is 0 Å². The summed E-state index contributed by atoms with van der Waals surface area (Å²) in [5.41, 5.74) is 2.06. The van der Waals surface area contributed by atoms with E-state index >= 15 is 0 Å². The Bertz CT molecular complexity index is 839. The second kappa shape index (κ2) is 9.32. The normalized spacial score (nSPS) is 17.9. The van der Waals surface area contributed by atoms with Gasteiger partial charge < -0.3 is 20.0 Å². The van der Waals surface area contributed by atoms with Crippen LogP contribution in [0.25, 0.3) is 0 Å². The Kier molecular flexibility index (Phi) is 6.35. The Morgan fingerprint density at radius 2 is 1.53 bits per heavy atom. The van der Waals surface area contributed by atoms with E-state index in [0.717, 1.165) is 61.4 Å². The first kappa shape index (κ1) is 20.4. The molecule has 7 nitrogen and oxygen atoms in total. The third-order valence-corrected chi connectivity index (χ3v) is 6.27. The number of hydrogen-bond acceptors (Lipinski definition) is 5. The van der Waals surface area contributed by atoms with Gasteiger partial charge in [0.2, 0.25) is 0 Å². The molecule has 7 heteroatoms. The molecule has 0 aliphatic carbocycles. The van der Waals surface area contributed by atoms with Gasteiger partial charge in [-0.3, -0.25) is 0 Å². The van der Waals surface area contributed by atoms with Crippen LogP contribution >= 0.6 is 0 Å². The lowest BCUT2D eigenvalue weighted by Crippen LogP contribution is -2.50. The van der Waals surface area contributed by atoms with Crippen LogP contribution in [0.4, 0.5) is 22.1 Å². The summed E-state index contributed by atoms with van der Waals surface area (Å²) in [5, 5.41) is 12.0. The van der Waals surface area contributed by atoms with E-state index in [1.165, 1.54) is 12.8 Å². The van der Waals surface area contributed by atoms with Crippen LogP contribution in [0.3, 0.4) is 0 Å². The summed E-state index contributed by atoms with van der Waals surface area (Å²) in [6, 6.07) is 12.1. The molecule has 2 aromatic rings. The molecule has 4 rings (SSSR count). The van der Waals surface area contributed by atoms with Gasteiger partial charge in [-0.25, -0.2) is 4.79 Å². The van der Waals surface area contributed by atoms with Crippen LogP contribution < -0.4 is 15.1 Å². The smallest absolute Gasteiger partial charge is 0.321 e. The van der Waals surface area contributed by atoms with Gasteiger partial charge in [0, 0.05) is 45.0 Å². The average molecular weight is 409 g/mol. The molecule has 30 heavy (non-hydrogen) atoms. The fraction of sp³-hybridized carbons (Fsp3) is 0.522. The first-order valence-corrected chi connectivity index (χ1v) is 11.1. The maximum Gasteiger partial charge on any atom is 0.321 e. The van der Waals surface area contributed by atoms with Crippen molar-refractivity contribution >= 4 is 23.4 Å². The van der Waals surface area contributed by atoms with Gasteiger partial charge in [0.15, 0.2) is 11.6 Å². The number of para-hydroxylation sites is 1. The third-order valence-electron chi connectivity index (χ3n) is 6.27. The van der Waals surface area contributed by atoms with Crippen molar-refractivity contribution in [3.05, 3.63) is 42.0 Å². The van der Waals surface area contributed by atoms with Crippen LogP contribution in [0.2, 0.25) is 0 Å². The van der Waals surface area contributed by atoms with Crippen molar-refractivity contribution in [2.45, 2.75) is 33.1 Å². The average Bonchev–Trinajstić information content (AvgIpc) is 2.80. The lowest BCUT2D eigenvalue weighted by atomic mass is 9.99. The molecule has 2 aliphatic heterocycles. The fourth-order valence-corrected chi connectivity index (χ4v) is 4.18. The molecule has 2 amide bonds. The number of rotatable bonds is 4. The molecule has 1 N–H and O–H groups in total. The van der Waals surface area contributed by atoms with E-state index in [1.54, 1.807) is 0 Å². The number of aromatic nitrogens is 2. The monoisotopic (exact) mass is 408 g/mol. The Hall–Kier alpha value is -2.83. The molecule has 2 fully saturated rings. The minimum absolute atomic E-state index is 0.0312. The topological polar surface area (TPSA) is 64.6 Å². The van der Waals surface area contributed by atoms with E-state index in [0.29, 0.717) is 13.1 Å². The number of carbonyl (C=O) groups excluding carboxylic acids is 1. The van der Waals surface area contributed by atoms with Crippen molar-refractivity contribution in [1.29, 1.82) is 0 Å². The van der Waals surface area contributed by atoms with Gasteiger partial charge >= 0.3 is 6.03 Å². The number of amides is 2. The second-order valence-corrected chi connectivity index (χ2v) is 8.33. The molecular weight excluding hydrogens is 376 g/mol. The molecule has 0 unspecified atom stereocenters. The molecule has 0 atom stereocenters. The maximum absolute atomic E-state index is 12.7. The quantitative estimate of drug-likeness (QED) is 0.837. The Morgan fingerprint density at radius 3 is 2.13 bits per heavy atom. The molecule has 1 aromatic carbocycles. The number of aryl methyl sites for hydroxylation is 1. The summed E-state index contributed by atoms with van der Waals surface area (Å²) < 4.78 is 0. The standard InChI is InChI=1S/C23H32N6O/c1-3-19-6-4-5-7-20(19)24-23(30)29-16-14-28(15-17-29)22-9-8-21(25-26-22)27-12-10-18(2)11-13-27/h4-9,18H,3,10-17H2,1-2H3,(H,24,30). The number of anilines is 3. The maximum atomic E-state index is 12.7.